The van der Waals surface area contributed by atoms with E-state index in [1.807, 2.05) is 32.0 Å². The first-order valence-corrected chi connectivity index (χ1v) is 6.63. The van der Waals surface area contributed by atoms with Crippen molar-refractivity contribution in [3.8, 4) is 0 Å². The molecule has 0 unspecified atom stereocenters. The maximum absolute atomic E-state index is 6.13. The van der Waals surface area contributed by atoms with Crippen molar-refractivity contribution >= 4 is 33.2 Å². The topological polar surface area (TPSA) is 30.5 Å². The third-order valence-electron chi connectivity index (χ3n) is 2.55. The van der Waals surface area contributed by atoms with Crippen LogP contribution in [0.15, 0.2) is 22.7 Å². The summed E-state index contributed by atoms with van der Waals surface area (Å²) in [4.78, 5) is 0. The van der Waals surface area contributed by atoms with Gasteiger partial charge < -0.3 is 14.8 Å². The maximum Gasteiger partial charge on any atom is 0.162 e. The van der Waals surface area contributed by atoms with Crippen LogP contribution in [0.2, 0.25) is 5.02 Å². The number of hydrogen-bond donors (Lipinski definition) is 1. The van der Waals surface area contributed by atoms with Crippen LogP contribution in [0, 0.1) is 0 Å². The van der Waals surface area contributed by atoms with Gasteiger partial charge in [-0.25, -0.2) is 0 Å². The van der Waals surface area contributed by atoms with Crippen molar-refractivity contribution in [3.05, 3.63) is 27.7 Å². The highest BCUT2D eigenvalue weighted by molar-refractivity contribution is 9.10. The smallest absolute Gasteiger partial charge is 0.162 e. The Labute approximate surface area is 115 Å². The standard InChI is InChI=1S/C12H15BrClNO2/c1-12(2)16-6-9(7-17-12)15-11-4-3-8(13)5-10(11)14/h3-5,9,15H,6-7H2,1-2H3. The Kier molecular flexibility index (Phi) is 3.98. The Morgan fingerprint density at radius 1 is 1.35 bits per heavy atom. The normalized spacial score (nSPS) is 20.2. The minimum Gasteiger partial charge on any atom is -0.376 e. The Morgan fingerprint density at radius 3 is 2.59 bits per heavy atom. The van der Waals surface area contributed by atoms with Crippen LogP contribution in [0.25, 0.3) is 0 Å². The molecule has 0 amide bonds. The minimum atomic E-state index is -0.484. The van der Waals surface area contributed by atoms with Gasteiger partial charge >= 0.3 is 0 Å². The van der Waals surface area contributed by atoms with Crippen molar-refractivity contribution in [3.63, 3.8) is 0 Å². The molecule has 1 saturated heterocycles. The van der Waals surface area contributed by atoms with Crippen LogP contribution in [0.1, 0.15) is 13.8 Å². The van der Waals surface area contributed by atoms with E-state index in [1.54, 1.807) is 0 Å². The number of hydrogen-bond acceptors (Lipinski definition) is 3. The molecule has 1 N–H and O–H groups in total. The molecule has 1 aliphatic rings. The van der Waals surface area contributed by atoms with Crippen molar-refractivity contribution in [2.24, 2.45) is 0 Å². The molecular formula is C12H15BrClNO2. The minimum absolute atomic E-state index is 0.127. The number of anilines is 1. The van der Waals surface area contributed by atoms with Crippen molar-refractivity contribution < 1.29 is 9.47 Å². The molecule has 0 saturated carbocycles. The van der Waals surface area contributed by atoms with E-state index in [0.717, 1.165) is 10.2 Å². The third-order valence-corrected chi connectivity index (χ3v) is 3.36. The molecule has 0 aromatic heterocycles. The van der Waals surface area contributed by atoms with Gasteiger partial charge in [-0.1, -0.05) is 27.5 Å². The Bertz CT molecular complexity index is 401. The van der Waals surface area contributed by atoms with E-state index in [0.29, 0.717) is 18.2 Å². The zero-order valence-electron chi connectivity index (χ0n) is 9.80. The number of ether oxygens (including phenoxy) is 2. The molecule has 1 heterocycles. The molecule has 2 rings (SSSR count). The van der Waals surface area contributed by atoms with Gasteiger partial charge in [-0.15, -0.1) is 0 Å². The Hall–Kier alpha value is -0.290. The van der Waals surface area contributed by atoms with Crippen LogP contribution in [0.3, 0.4) is 0 Å². The SMILES string of the molecule is CC1(C)OCC(Nc2ccc(Br)cc2Cl)CO1. The summed E-state index contributed by atoms with van der Waals surface area (Å²) in [6.45, 7) is 5.05. The molecule has 0 atom stereocenters. The van der Waals surface area contributed by atoms with Gasteiger partial charge in [0, 0.05) is 4.47 Å². The first-order chi connectivity index (χ1) is 7.96. The molecule has 94 valence electrons. The van der Waals surface area contributed by atoms with Crippen LogP contribution in [-0.2, 0) is 9.47 Å². The summed E-state index contributed by atoms with van der Waals surface area (Å²) in [7, 11) is 0. The van der Waals surface area contributed by atoms with Gasteiger partial charge in [0.2, 0.25) is 0 Å². The summed E-state index contributed by atoms with van der Waals surface area (Å²) in [5.41, 5.74) is 0.895. The molecule has 1 aromatic rings. The lowest BCUT2D eigenvalue weighted by Gasteiger charge is -2.35. The number of rotatable bonds is 2. The van der Waals surface area contributed by atoms with Crippen molar-refractivity contribution in [1.82, 2.24) is 0 Å². The monoisotopic (exact) mass is 319 g/mol. The lowest BCUT2D eigenvalue weighted by atomic mass is 10.2. The second kappa shape index (κ2) is 5.14. The predicted octanol–water partition coefficient (Wildman–Crippen LogP) is 3.67. The molecule has 1 aromatic carbocycles. The van der Waals surface area contributed by atoms with Gasteiger partial charge in [-0.3, -0.25) is 0 Å². The van der Waals surface area contributed by atoms with E-state index in [1.165, 1.54) is 0 Å². The highest BCUT2D eigenvalue weighted by atomic mass is 79.9. The number of halogens is 2. The molecule has 0 spiro atoms. The van der Waals surface area contributed by atoms with E-state index in [4.69, 9.17) is 21.1 Å². The van der Waals surface area contributed by atoms with E-state index in [9.17, 15) is 0 Å². The average Bonchev–Trinajstić information content (AvgIpc) is 2.25. The van der Waals surface area contributed by atoms with Gasteiger partial charge in [0.25, 0.3) is 0 Å². The highest BCUT2D eigenvalue weighted by Gasteiger charge is 2.28. The van der Waals surface area contributed by atoms with Gasteiger partial charge in [-0.2, -0.15) is 0 Å². The maximum atomic E-state index is 6.13. The lowest BCUT2D eigenvalue weighted by Crippen LogP contribution is -2.45. The molecule has 3 nitrogen and oxygen atoms in total. The van der Waals surface area contributed by atoms with Crippen molar-refractivity contribution in [2.45, 2.75) is 25.7 Å². The van der Waals surface area contributed by atoms with Gasteiger partial charge in [-0.05, 0) is 32.0 Å². The Morgan fingerprint density at radius 2 is 2.00 bits per heavy atom. The summed E-state index contributed by atoms with van der Waals surface area (Å²) >= 11 is 9.51. The van der Waals surface area contributed by atoms with Crippen LogP contribution >= 0.6 is 27.5 Å². The lowest BCUT2D eigenvalue weighted by molar-refractivity contribution is -0.247. The fraction of sp³-hybridized carbons (Fsp3) is 0.500. The zero-order chi connectivity index (χ0) is 12.5. The second-order valence-electron chi connectivity index (χ2n) is 4.49. The number of nitrogens with one attached hydrogen (secondary N) is 1. The van der Waals surface area contributed by atoms with Gasteiger partial charge in [0.15, 0.2) is 5.79 Å². The van der Waals surface area contributed by atoms with Crippen LogP contribution < -0.4 is 5.32 Å². The number of benzene rings is 1. The summed E-state index contributed by atoms with van der Waals surface area (Å²) < 4.78 is 12.1. The predicted molar refractivity (Wildman–Crippen MR) is 72.5 cm³/mol. The first kappa shape index (κ1) is 13.1. The average molecular weight is 321 g/mol. The zero-order valence-corrected chi connectivity index (χ0v) is 12.1. The molecule has 17 heavy (non-hydrogen) atoms. The molecule has 0 radical (unpaired) electrons. The van der Waals surface area contributed by atoms with E-state index in [-0.39, 0.29) is 6.04 Å². The molecule has 0 bridgehead atoms. The van der Waals surface area contributed by atoms with Gasteiger partial charge in [0.1, 0.15) is 0 Å². The summed E-state index contributed by atoms with van der Waals surface area (Å²) in [5.74, 6) is -0.484. The second-order valence-corrected chi connectivity index (χ2v) is 5.81. The first-order valence-electron chi connectivity index (χ1n) is 5.46. The molecule has 1 aliphatic heterocycles. The Balaban J connectivity index is 1.98. The van der Waals surface area contributed by atoms with Crippen LogP contribution in [0.5, 0.6) is 0 Å². The summed E-state index contributed by atoms with van der Waals surface area (Å²) in [6, 6.07) is 5.87. The highest BCUT2D eigenvalue weighted by Crippen LogP contribution is 2.27. The van der Waals surface area contributed by atoms with Crippen molar-refractivity contribution in [2.75, 3.05) is 18.5 Å². The third kappa shape index (κ3) is 3.58. The van der Waals surface area contributed by atoms with Crippen molar-refractivity contribution in [1.29, 1.82) is 0 Å². The van der Waals surface area contributed by atoms with Crippen LogP contribution in [0.4, 0.5) is 5.69 Å². The summed E-state index contributed by atoms with van der Waals surface area (Å²) in [6.07, 6.45) is 0. The fourth-order valence-electron chi connectivity index (χ4n) is 1.60. The fourth-order valence-corrected chi connectivity index (χ4v) is 2.33. The van der Waals surface area contributed by atoms with Gasteiger partial charge in [0.05, 0.1) is 30.0 Å². The van der Waals surface area contributed by atoms with E-state index >= 15 is 0 Å². The molecule has 0 aliphatic carbocycles. The molecule has 5 heteroatoms. The summed E-state index contributed by atoms with van der Waals surface area (Å²) in [5, 5.41) is 4.00. The van der Waals surface area contributed by atoms with E-state index in [2.05, 4.69) is 21.2 Å². The molecular weight excluding hydrogens is 305 g/mol. The van der Waals surface area contributed by atoms with Crippen LogP contribution in [-0.4, -0.2) is 25.0 Å². The largest absolute Gasteiger partial charge is 0.376 e. The quantitative estimate of drug-likeness (QED) is 0.902. The molecule has 1 fully saturated rings. The van der Waals surface area contributed by atoms with E-state index < -0.39 is 5.79 Å².